The second-order valence-electron chi connectivity index (χ2n) is 9.95. The molecule has 0 heterocycles. The van der Waals surface area contributed by atoms with Crippen LogP contribution in [0.1, 0.15) is 11.1 Å². The molecule has 0 N–H and O–H groups in total. The van der Waals surface area contributed by atoms with E-state index in [9.17, 15) is 0 Å². The molecule has 0 aromatic heterocycles. The van der Waals surface area contributed by atoms with Crippen molar-refractivity contribution in [2.75, 3.05) is 28.2 Å². The van der Waals surface area contributed by atoms with Crippen LogP contribution in [-0.4, -0.2) is 54.1 Å². The first-order valence-electron chi connectivity index (χ1n) is 10.3. The van der Waals surface area contributed by atoms with E-state index >= 15 is 0 Å². The van der Waals surface area contributed by atoms with Crippen molar-refractivity contribution in [1.29, 1.82) is 0 Å². The molecular formula is C24H38Li2N2Si2. The molecule has 0 amide bonds. The summed E-state index contributed by atoms with van der Waals surface area (Å²) >= 11 is 0. The summed E-state index contributed by atoms with van der Waals surface area (Å²) in [6.45, 7) is 12.0. The van der Waals surface area contributed by atoms with Crippen LogP contribution in [0.5, 0.6) is 0 Å². The summed E-state index contributed by atoms with van der Waals surface area (Å²) in [5, 5.41) is 3.07. The molecule has 0 unspecified atom stereocenters. The Labute approximate surface area is 212 Å². The maximum Gasteiger partial charge on any atom is 1.00 e. The third-order valence-corrected chi connectivity index (χ3v) is 12.9. The zero-order valence-electron chi connectivity index (χ0n) is 21.2. The molecule has 0 aliphatic heterocycles. The zero-order valence-corrected chi connectivity index (χ0v) is 23.2. The van der Waals surface area contributed by atoms with Crippen molar-refractivity contribution in [3.8, 4) is 0 Å². The molecule has 0 atom stereocenters. The molecule has 30 heavy (non-hydrogen) atoms. The van der Waals surface area contributed by atoms with E-state index in [4.69, 9.17) is 0 Å². The van der Waals surface area contributed by atoms with Gasteiger partial charge < -0.3 is 9.80 Å². The monoisotopic (exact) mass is 424 g/mol. The van der Waals surface area contributed by atoms with Crippen LogP contribution in [0.3, 0.4) is 0 Å². The first-order chi connectivity index (χ1) is 13.0. The number of hydrogen-bond acceptors (Lipinski definition) is 2. The smallest absolute Gasteiger partial charge is 0.307 e. The molecule has 6 heteroatoms. The topological polar surface area (TPSA) is 6.48 Å². The first kappa shape index (κ1) is 30.0. The average molecular weight is 425 g/mol. The van der Waals surface area contributed by atoms with E-state index in [2.05, 4.69) is 113 Å². The Morgan fingerprint density at radius 3 is 1.20 bits per heavy atom. The second-order valence-corrected chi connectivity index (χ2v) is 19.6. The fourth-order valence-corrected chi connectivity index (χ4v) is 11.1. The summed E-state index contributed by atoms with van der Waals surface area (Å²) in [5.74, 6) is 0. The molecule has 154 valence electrons. The largest absolute Gasteiger partial charge is 1.00 e. The molecule has 2 aromatic carbocycles. The Balaban J connectivity index is 0.00000420. The summed E-state index contributed by atoms with van der Waals surface area (Å²) < 4.78 is 0. The molecule has 0 radical (unpaired) electrons. The first-order valence-corrected chi connectivity index (χ1v) is 16.7. The summed E-state index contributed by atoms with van der Waals surface area (Å²) in [6, 6.07) is 23.5. The minimum atomic E-state index is -1.44. The van der Waals surface area contributed by atoms with Gasteiger partial charge >= 0.3 is 37.7 Å². The molecule has 2 aromatic rings. The fourth-order valence-electron chi connectivity index (χ4n) is 3.55. The number of rotatable bonds is 9. The predicted octanol–water partition coefficient (Wildman–Crippen LogP) is -2.05. The van der Waals surface area contributed by atoms with Gasteiger partial charge in [-0.05, 0) is 28.2 Å². The van der Waals surface area contributed by atoms with E-state index in [-0.39, 0.29) is 37.7 Å². The van der Waals surface area contributed by atoms with Gasteiger partial charge in [-0.15, -0.1) is 11.1 Å². The maximum atomic E-state index is 3.52. The molecular weight excluding hydrogens is 386 g/mol. The van der Waals surface area contributed by atoms with E-state index in [1.807, 2.05) is 0 Å². The SMILES string of the molecule is CN(C)Cc1[c-]cc([Si](C)(C)CC[Si](C)(C)c2c[c-]c(CN(C)C)cc2)cc1.[Li+].[Li+]. The molecule has 0 fully saturated rings. The Hall–Kier alpha value is -0.0114. The van der Waals surface area contributed by atoms with E-state index in [1.54, 1.807) is 0 Å². The van der Waals surface area contributed by atoms with Gasteiger partial charge in [0.05, 0.1) is 0 Å². The van der Waals surface area contributed by atoms with Crippen molar-refractivity contribution in [1.82, 2.24) is 9.80 Å². The number of hydrogen-bond donors (Lipinski definition) is 0. The standard InChI is InChI=1S/C24H38N2Si2.2Li/c1-25(2)19-21-9-13-23(14-10-21)27(5,6)17-18-28(7,8)24-15-11-22(12-16-24)20-26(3)4;;/h9,11,13-16H,17-20H2,1-8H3;;/q-2;2*+1. The number of nitrogens with zero attached hydrogens (tertiary/aromatic N) is 2. The van der Waals surface area contributed by atoms with Gasteiger partial charge in [0.15, 0.2) is 0 Å². The molecule has 0 spiro atoms. The normalized spacial score (nSPS) is 11.9. The third kappa shape index (κ3) is 9.23. The van der Waals surface area contributed by atoms with Crippen molar-refractivity contribution < 1.29 is 37.7 Å². The quantitative estimate of drug-likeness (QED) is 0.338. The van der Waals surface area contributed by atoms with Crippen LogP contribution in [-0.2, 0) is 13.1 Å². The Kier molecular flexibility index (Phi) is 12.9. The molecule has 0 aliphatic rings. The van der Waals surface area contributed by atoms with Crippen LogP contribution in [0.4, 0.5) is 0 Å². The molecule has 0 saturated heterocycles. The summed E-state index contributed by atoms with van der Waals surface area (Å²) in [6.07, 6.45) is 0. The van der Waals surface area contributed by atoms with Crippen LogP contribution < -0.4 is 48.1 Å². The Morgan fingerprint density at radius 2 is 0.967 bits per heavy atom. The third-order valence-electron chi connectivity index (χ3n) is 5.67. The molecule has 0 aliphatic carbocycles. The van der Waals surface area contributed by atoms with E-state index < -0.39 is 16.1 Å². The summed E-state index contributed by atoms with van der Waals surface area (Å²) in [7, 11) is 5.55. The van der Waals surface area contributed by atoms with Gasteiger partial charge in [0.25, 0.3) is 0 Å². The van der Waals surface area contributed by atoms with Gasteiger partial charge in [-0.3, -0.25) is 0 Å². The van der Waals surface area contributed by atoms with Crippen molar-refractivity contribution in [2.24, 2.45) is 0 Å². The van der Waals surface area contributed by atoms with E-state index in [0.29, 0.717) is 0 Å². The predicted molar refractivity (Wildman–Crippen MR) is 129 cm³/mol. The molecule has 2 rings (SSSR count). The average Bonchev–Trinajstić information content (AvgIpc) is 2.60. The van der Waals surface area contributed by atoms with Crippen LogP contribution >= 0.6 is 0 Å². The second kappa shape index (κ2) is 12.9. The fraction of sp³-hybridized carbons (Fsp3) is 0.500. The van der Waals surface area contributed by atoms with Gasteiger partial charge in [-0.1, -0.05) is 38.3 Å². The number of benzene rings is 2. The van der Waals surface area contributed by atoms with Crippen LogP contribution in [0.15, 0.2) is 36.4 Å². The van der Waals surface area contributed by atoms with Gasteiger partial charge in [-0.25, -0.2) is 0 Å². The zero-order chi connectivity index (χ0) is 20.9. The van der Waals surface area contributed by atoms with Crippen molar-refractivity contribution in [2.45, 2.75) is 51.4 Å². The van der Waals surface area contributed by atoms with E-state index in [1.165, 1.54) is 33.6 Å². The Morgan fingerprint density at radius 1 is 0.633 bits per heavy atom. The van der Waals surface area contributed by atoms with Crippen molar-refractivity contribution >= 4 is 26.5 Å². The minimum Gasteiger partial charge on any atom is -0.307 e. The van der Waals surface area contributed by atoms with Crippen LogP contribution in [0, 0.1) is 12.1 Å². The molecule has 0 saturated carbocycles. The maximum absolute atomic E-state index is 3.52. The van der Waals surface area contributed by atoms with Gasteiger partial charge in [0.2, 0.25) is 0 Å². The summed E-state index contributed by atoms with van der Waals surface area (Å²) in [4.78, 5) is 4.39. The van der Waals surface area contributed by atoms with Gasteiger partial charge in [-0.2, -0.15) is 58.9 Å². The van der Waals surface area contributed by atoms with E-state index in [0.717, 1.165) is 13.1 Å². The molecule has 0 bridgehead atoms. The minimum absolute atomic E-state index is 0. The van der Waals surface area contributed by atoms with Gasteiger partial charge in [0, 0.05) is 29.2 Å². The van der Waals surface area contributed by atoms with Crippen molar-refractivity contribution in [3.63, 3.8) is 0 Å². The van der Waals surface area contributed by atoms with Crippen LogP contribution in [0.25, 0.3) is 0 Å². The summed E-state index contributed by atoms with van der Waals surface area (Å²) in [5.41, 5.74) is 2.56. The van der Waals surface area contributed by atoms with Crippen molar-refractivity contribution in [3.05, 3.63) is 59.7 Å². The Bertz CT molecular complexity index is 677. The van der Waals surface area contributed by atoms with Gasteiger partial charge in [0.1, 0.15) is 0 Å². The molecule has 2 nitrogen and oxygen atoms in total. The van der Waals surface area contributed by atoms with Crippen LogP contribution in [0.2, 0.25) is 38.3 Å².